The van der Waals surface area contributed by atoms with Gasteiger partial charge in [-0.25, -0.2) is 4.39 Å². The van der Waals surface area contributed by atoms with Crippen molar-refractivity contribution in [2.45, 2.75) is 19.4 Å². The van der Waals surface area contributed by atoms with Crippen molar-refractivity contribution in [1.82, 2.24) is 9.80 Å². The lowest BCUT2D eigenvalue weighted by atomic mass is 10.0. The van der Waals surface area contributed by atoms with Crippen LogP contribution in [0.1, 0.15) is 25.0 Å². The van der Waals surface area contributed by atoms with Gasteiger partial charge in [-0.15, -0.1) is 0 Å². The zero-order valence-corrected chi connectivity index (χ0v) is 13.2. The van der Waals surface area contributed by atoms with Crippen molar-refractivity contribution in [3.8, 4) is 0 Å². The van der Waals surface area contributed by atoms with Gasteiger partial charge in [-0.1, -0.05) is 12.1 Å². The van der Waals surface area contributed by atoms with Crippen LogP contribution in [0.4, 0.5) is 4.39 Å². The van der Waals surface area contributed by atoms with Gasteiger partial charge >= 0.3 is 0 Å². The molecule has 6 heteroatoms. The number of nitrogens with zero attached hydrogens (tertiary/aromatic N) is 2. The molecule has 3 rings (SSSR count). The molecule has 0 aromatic heterocycles. The van der Waals surface area contributed by atoms with E-state index in [1.54, 1.807) is 21.9 Å². The van der Waals surface area contributed by atoms with Crippen molar-refractivity contribution >= 4 is 11.8 Å². The molecular formula is C17H21FN2O3. The average Bonchev–Trinajstić information content (AvgIpc) is 2.96. The molecule has 0 radical (unpaired) electrons. The summed E-state index contributed by atoms with van der Waals surface area (Å²) in [6.07, 6.45) is 0.0540. The summed E-state index contributed by atoms with van der Waals surface area (Å²) in [6.45, 7) is 4.50. The van der Waals surface area contributed by atoms with Crippen LogP contribution in [0, 0.1) is 11.7 Å². The van der Waals surface area contributed by atoms with Gasteiger partial charge in [-0.05, 0) is 24.6 Å². The van der Waals surface area contributed by atoms with Crippen molar-refractivity contribution in [2.75, 3.05) is 32.8 Å². The predicted molar refractivity (Wildman–Crippen MR) is 82.0 cm³/mol. The van der Waals surface area contributed by atoms with E-state index < -0.39 is 0 Å². The van der Waals surface area contributed by atoms with E-state index in [1.807, 2.05) is 6.92 Å². The number of benzene rings is 1. The van der Waals surface area contributed by atoms with Crippen molar-refractivity contribution < 1.29 is 18.7 Å². The molecule has 23 heavy (non-hydrogen) atoms. The molecular weight excluding hydrogens is 299 g/mol. The molecule has 124 valence electrons. The smallest absolute Gasteiger partial charge is 0.228 e. The Hall–Kier alpha value is -1.95. The Labute approximate surface area is 135 Å². The Bertz CT molecular complexity index is 590. The molecule has 0 aliphatic carbocycles. The summed E-state index contributed by atoms with van der Waals surface area (Å²) in [5, 5.41) is 0. The highest BCUT2D eigenvalue weighted by Gasteiger charge is 2.37. The van der Waals surface area contributed by atoms with E-state index in [0.29, 0.717) is 39.2 Å². The summed E-state index contributed by atoms with van der Waals surface area (Å²) in [4.78, 5) is 28.0. The largest absolute Gasteiger partial charge is 0.370 e. The number of hydrogen-bond donors (Lipinski definition) is 0. The van der Waals surface area contributed by atoms with Gasteiger partial charge in [0.15, 0.2) is 0 Å². The van der Waals surface area contributed by atoms with Crippen LogP contribution in [-0.2, 0) is 14.3 Å². The second-order valence-electron chi connectivity index (χ2n) is 6.03. The van der Waals surface area contributed by atoms with Crippen molar-refractivity contribution in [3.05, 3.63) is 35.6 Å². The standard InChI is InChI=1S/C17H21FN2O3/c1-2-19-10-13(9-16(19)21)17(22)20-7-8-23-15(11-20)12-3-5-14(18)6-4-12/h3-6,13,15H,2,7-11H2,1H3. The highest BCUT2D eigenvalue weighted by molar-refractivity contribution is 5.89. The number of rotatable bonds is 3. The first kappa shape index (κ1) is 15.9. The molecule has 2 fully saturated rings. The summed E-state index contributed by atoms with van der Waals surface area (Å²) in [5.74, 6) is -0.477. The molecule has 2 aliphatic rings. The maximum absolute atomic E-state index is 13.0. The molecule has 1 aromatic carbocycles. The number of morpholine rings is 1. The molecule has 2 atom stereocenters. The number of hydrogen-bond acceptors (Lipinski definition) is 3. The highest BCUT2D eigenvalue weighted by Crippen LogP contribution is 2.26. The van der Waals surface area contributed by atoms with Gasteiger partial charge in [-0.2, -0.15) is 0 Å². The number of halogens is 1. The average molecular weight is 320 g/mol. The molecule has 0 bridgehead atoms. The first-order valence-electron chi connectivity index (χ1n) is 8.02. The third-order valence-electron chi connectivity index (χ3n) is 4.57. The molecule has 5 nitrogen and oxygen atoms in total. The van der Waals surface area contributed by atoms with Crippen molar-refractivity contribution in [2.24, 2.45) is 5.92 Å². The van der Waals surface area contributed by atoms with Gasteiger partial charge in [0.1, 0.15) is 11.9 Å². The Balaban J connectivity index is 1.65. The number of carbonyl (C=O) groups excluding carboxylic acids is 2. The third kappa shape index (κ3) is 3.37. The first-order chi connectivity index (χ1) is 11.1. The summed E-state index contributed by atoms with van der Waals surface area (Å²) in [7, 11) is 0. The molecule has 0 N–H and O–H groups in total. The molecule has 0 spiro atoms. The van der Waals surface area contributed by atoms with Gasteiger partial charge < -0.3 is 14.5 Å². The van der Waals surface area contributed by atoms with Crippen LogP contribution in [0.3, 0.4) is 0 Å². The third-order valence-corrected chi connectivity index (χ3v) is 4.57. The zero-order chi connectivity index (χ0) is 16.4. The van der Waals surface area contributed by atoms with E-state index in [2.05, 4.69) is 0 Å². The van der Waals surface area contributed by atoms with E-state index in [1.165, 1.54) is 12.1 Å². The molecule has 2 saturated heterocycles. The Morgan fingerprint density at radius 1 is 1.30 bits per heavy atom. The maximum Gasteiger partial charge on any atom is 0.228 e. The fourth-order valence-corrected chi connectivity index (χ4v) is 3.23. The SMILES string of the molecule is CCN1CC(C(=O)N2CCOC(c3ccc(F)cc3)C2)CC1=O. The minimum atomic E-state index is -0.290. The molecule has 2 aliphatic heterocycles. The number of ether oxygens (including phenoxy) is 1. The lowest BCUT2D eigenvalue weighted by molar-refractivity contribution is -0.143. The lowest BCUT2D eigenvalue weighted by Crippen LogP contribution is -2.45. The van der Waals surface area contributed by atoms with Gasteiger partial charge in [0.25, 0.3) is 0 Å². The molecule has 2 unspecified atom stereocenters. The normalized spacial score (nSPS) is 25.0. The summed E-state index contributed by atoms with van der Waals surface area (Å²) in [5.41, 5.74) is 0.863. The van der Waals surface area contributed by atoms with E-state index in [9.17, 15) is 14.0 Å². The summed E-state index contributed by atoms with van der Waals surface area (Å²) >= 11 is 0. The second kappa shape index (κ2) is 6.66. The number of carbonyl (C=O) groups is 2. The van der Waals surface area contributed by atoms with Crippen LogP contribution in [0.25, 0.3) is 0 Å². The maximum atomic E-state index is 13.0. The quantitative estimate of drug-likeness (QED) is 0.850. The van der Waals surface area contributed by atoms with E-state index >= 15 is 0 Å². The Kier molecular flexibility index (Phi) is 4.61. The Morgan fingerprint density at radius 3 is 2.70 bits per heavy atom. The van der Waals surface area contributed by atoms with Crippen molar-refractivity contribution in [3.63, 3.8) is 0 Å². The van der Waals surface area contributed by atoms with Gasteiger partial charge in [0, 0.05) is 26.1 Å². The minimum absolute atomic E-state index is 0.0183. The van der Waals surface area contributed by atoms with Gasteiger partial charge in [0.05, 0.1) is 19.1 Å². The van der Waals surface area contributed by atoms with Crippen LogP contribution in [0.5, 0.6) is 0 Å². The van der Waals surface area contributed by atoms with Crippen LogP contribution < -0.4 is 0 Å². The van der Waals surface area contributed by atoms with E-state index in [-0.39, 0.29) is 29.7 Å². The predicted octanol–water partition coefficient (Wildman–Crippen LogP) is 1.59. The molecule has 2 heterocycles. The van der Waals surface area contributed by atoms with E-state index in [4.69, 9.17) is 4.74 Å². The van der Waals surface area contributed by atoms with Crippen LogP contribution in [0.15, 0.2) is 24.3 Å². The monoisotopic (exact) mass is 320 g/mol. The van der Waals surface area contributed by atoms with Gasteiger partial charge in [-0.3, -0.25) is 9.59 Å². The number of amides is 2. The van der Waals surface area contributed by atoms with Crippen LogP contribution in [-0.4, -0.2) is 54.4 Å². The lowest BCUT2D eigenvalue weighted by Gasteiger charge is -2.34. The molecule has 0 saturated carbocycles. The zero-order valence-electron chi connectivity index (χ0n) is 13.2. The fourth-order valence-electron chi connectivity index (χ4n) is 3.23. The van der Waals surface area contributed by atoms with Crippen molar-refractivity contribution in [1.29, 1.82) is 0 Å². The second-order valence-corrected chi connectivity index (χ2v) is 6.03. The first-order valence-corrected chi connectivity index (χ1v) is 8.02. The van der Waals surface area contributed by atoms with Crippen LogP contribution >= 0.6 is 0 Å². The molecule has 1 aromatic rings. The highest BCUT2D eigenvalue weighted by atomic mass is 19.1. The fraction of sp³-hybridized carbons (Fsp3) is 0.529. The summed E-state index contributed by atoms with van der Waals surface area (Å²) < 4.78 is 18.7. The number of likely N-dealkylation sites (tertiary alicyclic amines) is 1. The van der Waals surface area contributed by atoms with Crippen LogP contribution in [0.2, 0.25) is 0 Å². The minimum Gasteiger partial charge on any atom is -0.370 e. The molecule has 2 amide bonds. The van der Waals surface area contributed by atoms with E-state index in [0.717, 1.165) is 5.56 Å². The Morgan fingerprint density at radius 2 is 2.04 bits per heavy atom. The topological polar surface area (TPSA) is 49.9 Å². The summed E-state index contributed by atoms with van der Waals surface area (Å²) in [6, 6.07) is 6.17. The van der Waals surface area contributed by atoms with Gasteiger partial charge in [0.2, 0.25) is 11.8 Å².